The highest BCUT2D eigenvalue weighted by Crippen LogP contribution is 2.52. The number of carbonyl (C=O) groups excluding carboxylic acids is 1. The minimum atomic E-state index is -0.508. The third kappa shape index (κ3) is 3.06. The van der Waals surface area contributed by atoms with Crippen LogP contribution in [0.2, 0.25) is 0 Å². The summed E-state index contributed by atoms with van der Waals surface area (Å²) in [6.07, 6.45) is 0.0676. The zero-order valence-corrected chi connectivity index (χ0v) is 16.1. The fraction of sp³-hybridized carbons (Fsp3) is 0.579. The van der Waals surface area contributed by atoms with Gasteiger partial charge in [0.1, 0.15) is 0 Å². The molecule has 3 rings (SSSR count). The van der Waals surface area contributed by atoms with Crippen molar-refractivity contribution >= 4 is 23.6 Å². The molecule has 0 bridgehead atoms. The molecular weight excluding hydrogens is 320 g/mol. The number of rotatable bonds is 1. The van der Waals surface area contributed by atoms with Crippen LogP contribution in [0.25, 0.3) is 0 Å². The van der Waals surface area contributed by atoms with Gasteiger partial charge in [-0.05, 0) is 29.0 Å². The van der Waals surface area contributed by atoms with E-state index in [0.29, 0.717) is 6.42 Å². The summed E-state index contributed by atoms with van der Waals surface area (Å²) in [5.41, 5.74) is 2.05. The van der Waals surface area contributed by atoms with E-state index in [9.17, 15) is 4.79 Å². The Morgan fingerprint density at radius 2 is 1.88 bits per heavy atom. The van der Waals surface area contributed by atoms with E-state index in [1.807, 2.05) is 16.4 Å². The molecule has 0 aromatic heterocycles. The van der Waals surface area contributed by atoms with Crippen molar-refractivity contribution in [3.8, 4) is 0 Å². The predicted molar refractivity (Wildman–Crippen MR) is 97.7 cm³/mol. The molecule has 2 heterocycles. The van der Waals surface area contributed by atoms with Gasteiger partial charge >= 0.3 is 0 Å². The molecule has 0 spiro atoms. The molecule has 1 amide bonds. The molecule has 1 unspecified atom stereocenters. The van der Waals surface area contributed by atoms with Crippen LogP contribution in [0.3, 0.4) is 0 Å². The molecule has 0 fully saturated rings. The number of nitrogens with zero attached hydrogens (tertiary/aromatic N) is 2. The lowest BCUT2D eigenvalue weighted by Gasteiger charge is -2.35. The first kappa shape index (κ1) is 17.3. The van der Waals surface area contributed by atoms with E-state index < -0.39 is 6.10 Å². The number of fused-ring (bicyclic) bond motifs is 1. The molecule has 0 saturated heterocycles. The van der Waals surface area contributed by atoms with Gasteiger partial charge in [-0.3, -0.25) is 9.10 Å². The summed E-state index contributed by atoms with van der Waals surface area (Å²) in [5, 5.41) is 4.18. The number of amides is 1. The Kier molecular flexibility index (Phi) is 4.19. The molecule has 2 atom stereocenters. The number of hydrogen-bond acceptors (Lipinski definition) is 4. The van der Waals surface area contributed by atoms with Crippen LogP contribution in [0.4, 0.5) is 0 Å². The van der Waals surface area contributed by atoms with Crippen molar-refractivity contribution < 1.29 is 9.63 Å². The molecule has 0 saturated carbocycles. The van der Waals surface area contributed by atoms with Crippen LogP contribution in [0.1, 0.15) is 59.6 Å². The van der Waals surface area contributed by atoms with Gasteiger partial charge in [0, 0.05) is 16.7 Å². The normalized spacial score (nSPS) is 23.8. The molecule has 2 aliphatic rings. The second-order valence-electron chi connectivity index (χ2n) is 8.65. The number of oxime groups is 1. The third-order valence-electron chi connectivity index (χ3n) is 4.49. The zero-order valence-electron chi connectivity index (χ0n) is 15.3. The quantitative estimate of drug-likeness (QED) is 0.685. The van der Waals surface area contributed by atoms with Crippen molar-refractivity contribution in [3.05, 3.63) is 29.8 Å². The molecule has 1 aromatic carbocycles. The van der Waals surface area contributed by atoms with Crippen molar-refractivity contribution in [2.75, 3.05) is 0 Å². The highest BCUT2D eigenvalue weighted by atomic mass is 32.2. The largest absolute Gasteiger partial charge is 0.382 e. The maximum atomic E-state index is 13.2. The first-order valence-corrected chi connectivity index (χ1v) is 9.19. The first-order valence-electron chi connectivity index (χ1n) is 8.42. The predicted octanol–water partition coefficient (Wildman–Crippen LogP) is 4.81. The van der Waals surface area contributed by atoms with E-state index in [1.165, 1.54) is 17.5 Å². The van der Waals surface area contributed by atoms with Crippen molar-refractivity contribution in [2.45, 2.75) is 65.0 Å². The molecule has 5 heteroatoms. The molecule has 0 N–H and O–H groups in total. The van der Waals surface area contributed by atoms with Gasteiger partial charge in [-0.25, -0.2) is 0 Å². The number of benzene rings is 1. The summed E-state index contributed by atoms with van der Waals surface area (Å²) >= 11 is 1.53. The molecular formula is C19H26N2O2S. The minimum Gasteiger partial charge on any atom is -0.382 e. The standard InChI is InChI=1S/C19H26N2O2S/c1-18(2,3)15-11-13(23-20-15)17(22)21-16(19(4,5)6)12-9-7-8-10-14(12)24-21/h7-10,13,16H,11H2,1-6H3/t13?,16-/m1/s1. The lowest BCUT2D eigenvalue weighted by Crippen LogP contribution is -2.40. The summed E-state index contributed by atoms with van der Waals surface area (Å²) < 4.78 is 1.90. The molecule has 4 nitrogen and oxygen atoms in total. The van der Waals surface area contributed by atoms with Crippen molar-refractivity contribution in [1.29, 1.82) is 0 Å². The smallest absolute Gasteiger partial charge is 0.277 e. The van der Waals surface area contributed by atoms with E-state index >= 15 is 0 Å². The lowest BCUT2D eigenvalue weighted by atomic mass is 9.82. The van der Waals surface area contributed by atoms with E-state index in [2.05, 4.69) is 58.8 Å². The molecule has 0 radical (unpaired) electrons. The topological polar surface area (TPSA) is 41.9 Å². The fourth-order valence-corrected chi connectivity index (χ4v) is 4.54. The zero-order chi connectivity index (χ0) is 17.7. The Hall–Kier alpha value is -1.49. The third-order valence-corrected chi connectivity index (χ3v) is 5.65. The second-order valence-corrected chi connectivity index (χ2v) is 9.66. The Bertz CT molecular complexity index is 685. The Balaban J connectivity index is 1.84. The van der Waals surface area contributed by atoms with E-state index in [0.717, 1.165) is 10.6 Å². The molecule has 2 aliphatic heterocycles. The van der Waals surface area contributed by atoms with Gasteiger partial charge in [-0.15, -0.1) is 0 Å². The number of hydrogen-bond donors (Lipinski definition) is 0. The summed E-state index contributed by atoms with van der Waals surface area (Å²) in [6, 6.07) is 8.30. The molecule has 1 aromatic rings. The summed E-state index contributed by atoms with van der Waals surface area (Å²) in [4.78, 5) is 19.8. The lowest BCUT2D eigenvalue weighted by molar-refractivity contribution is -0.139. The fourth-order valence-electron chi connectivity index (χ4n) is 3.16. The van der Waals surface area contributed by atoms with Gasteiger partial charge in [0.05, 0.1) is 11.8 Å². The summed E-state index contributed by atoms with van der Waals surface area (Å²) in [7, 11) is 0. The van der Waals surface area contributed by atoms with Crippen molar-refractivity contribution in [3.63, 3.8) is 0 Å². The van der Waals surface area contributed by atoms with Crippen LogP contribution in [-0.2, 0) is 9.63 Å². The van der Waals surface area contributed by atoms with E-state index in [4.69, 9.17) is 4.84 Å². The van der Waals surface area contributed by atoms with E-state index in [-0.39, 0.29) is 22.8 Å². The SMILES string of the molecule is CC(C)(C)C1=NOC(C(=O)N2Sc3ccccc3[C@@H]2C(C)(C)C)C1. The first-order chi connectivity index (χ1) is 11.1. The van der Waals surface area contributed by atoms with Gasteiger partial charge in [0.25, 0.3) is 5.91 Å². The van der Waals surface area contributed by atoms with E-state index in [1.54, 1.807) is 0 Å². The van der Waals surface area contributed by atoms with Crippen LogP contribution in [-0.4, -0.2) is 22.0 Å². The molecule has 0 aliphatic carbocycles. The Morgan fingerprint density at radius 3 is 2.46 bits per heavy atom. The Labute approximate surface area is 148 Å². The Morgan fingerprint density at radius 1 is 1.21 bits per heavy atom. The van der Waals surface area contributed by atoms with Crippen LogP contribution in [0, 0.1) is 10.8 Å². The highest BCUT2D eigenvalue weighted by molar-refractivity contribution is 7.97. The van der Waals surface area contributed by atoms with Crippen LogP contribution in [0.15, 0.2) is 34.3 Å². The van der Waals surface area contributed by atoms with Gasteiger partial charge in [-0.1, -0.05) is 64.9 Å². The van der Waals surface area contributed by atoms with Crippen LogP contribution in [0.5, 0.6) is 0 Å². The molecule has 24 heavy (non-hydrogen) atoms. The average molecular weight is 346 g/mol. The van der Waals surface area contributed by atoms with Gasteiger partial charge in [0.2, 0.25) is 6.10 Å². The van der Waals surface area contributed by atoms with Gasteiger partial charge < -0.3 is 4.84 Å². The van der Waals surface area contributed by atoms with Crippen LogP contribution < -0.4 is 0 Å². The van der Waals surface area contributed by atoms with Gasteiger partial charge in [0.15, 0.2) is 0 Å². The van der Waals surface area contributed by atoms with Crippen molar-refractivity contribution in [2.24, 2.45) is 16.0 Å². The highest BCUT2D eigenvalue weighted by Gasteiger charge is 2.46. The van der Waals surface area contributed by atoms with Crippen LogP contribution >= 0.6 is 11.9 Å². The maximum absolute atomic E-state index is 13.2. The monoisotopic (exact) mass is 346 g/mol. The van der Waals surface area contributed by atoms with Gasteiger partial charge in [-0.2, -0.15) is 0 Å². The molecule has 130 valence electrons. The summed E-state index contributed by atoms with van der Waals surface area (Å²) in [5.74, 6) is 0.0131. The number of carbonyl (C=O) groups is 1. The maximum Gasteiger partial charge on any atom is 0.277 e. The van der Waals surface area contributed by atoms with Crippen molar-refractivity contribution in [1.82, 2.24) is 4.31 Å². The minimum absolute atomic E-state index is 0.0131. The summed E-state index contributed by atoms with van der Waals surface area (Å²) in [6.45, 7) is 12.8. The average Bonchev–Trinajstić information content (AvgIpc) is 3.10. The second kappa shape index (κ2) is 5.80.